The molecule has 1 aliphatic heterocycles. The van der Waals surface area contributed by atoms with Gasteiger partial charge in [-0.2, -0.15) is 13.2 Å². The minimum atomic E-state index is -4.26. The van der Waals surface area contributed by atoms with Crippen LogP contribution in [0.1, 0.15) is 30.1 Å². The number of para-hydroxylation sites is 1. The fourth-order valence-electron chi connectivity index (χ4n) is 2.26. The molecule has 0 bridgehead atoms. The average Bonchev–Trinajstić information content (AvgIpc) is 2.49. The van der Waals surface area contributed by atoms with E-state index in [1.165, 1.54) is 11.8 Å². The summed E-state index contributed by atoms with van der Waals surface area (Å²) >= 11 is 0. The number of nitrogens with one attached hydrogen (secondary N) is 1. The maximum atomic E-state index is 12.3. The molecule has 1 aliphatic rings. The van der Waals surface area contributed by atoms with Gasteiger partial charge in [0.05, 0.1) is 11.3 Å². The van der Waals surface area contributed by atoms with Crippen LogP contribution in [0.15, 0.2) is 24.3 Å². The molecule has 1 unspecified atom stereocenters. The maximum absolute atomic E-state index is 12.3. The first kappa shape index (κ1) is 15.3. The molecule has 0 fully saturated rings. The summed E-state index contributed by atoms with van der Waals surface area (Å²) in [5.41, 5.74) is 0.647. The van der Waals surface area contributed by atoms with Gasteiger partial charge < -0.3 is 10.2 Å². The molecule has 2 amide bonds. The number of fused-ring (bicyclic) bond motifs is 1. The van der Waals surface area contributed by atoms with Gasteiger partial charge in [-0.05, 0) is 25.5 Å². The van der Waals surface area contributed by atoms with Crippen LogP contribution in [0, 0.1) is 0 Å². The fraction of sp³-hybridized carbons (Fsp3) is 0.429. The first-order valence-electron chi connectivity index (χ1n) is 6.57. The van der Waals surface area contributed by atoms with Crippen LogP contribution in [0.2, 0.25) is 0 Å². The third-order valence-corrected chi connectivity index (χ3v) is 3.27. The van der Waals surface area contributed by atoms with Gasteiger partial charge in [0.25, 0.3) is 5.91 Å². The van der Waals surface area contributed by atoms with E-state index in [2.05, 4.69) is 5.32 Å². The molecule has 0 aliphatic carbocycles. The number of carbonyl (C=O) groups is 2. The molecule has 1 atom stereocenters. The quantitative estimate of drug-likeness (QED) is 0.932. The van der Waals surface area contributed by atoms with Gasteiger partial charge in [-0.3, -0.25) is 9.59 Å². The molecule has 1 heterocycles. The summed E-state index contributed by atoms with van der Waals surface area (Å²) in [4.78, 5) is 25.5. The number of hydrogen-bond acceptors (Lipinski definition) is 2. The maximum Gasteiger partial charge on any atom is 0.389 e. The molecule has 1 N–H and O–H groups in total. The number of carbonyl (C=O) groups excluding carboxylic acids is 2. The number of hydrogen-bond donors (Lipinski definition) is 1. The van der Waals surface area contributed by atoms with E-state index in [0.29, 0.717) is 11.3 Å². The van der Waals surface area contributed by atoms with Crippen molar-refractivity contribution in [1.82, 2.24) is 5.32 Å². The van der Waals surface area contributed by atoms with Crippen LogP contribution in [0.3, 0.4) is 0 Å². The van der Waals surface area contributed by atoms with Crippen molar-refractivity contribution in [3.8, 4) is 0 Å². The Bertz CT molecular complexity index is 557. The highest BCUT2D eigenvalue weighted by atomic mass is 19.4. The molecule has 4 nitrogen and oxygen atoms in total. The van der Waals surface area contributed by atoms with Gasteiger partial charge in [0.1, 0.15) is 6.04 Å². The van der Waals surface area contributed by atoms with Gasteiger partial charge in [0, 0.05) is 13.0 Å². The largest absolute Gasteiger partial charge is 0.389 e. The number of amides is 2. The zero-order valence-electron chi connectivity index (χ0n) is 11.4. The van der Waals surface area contributed by atoms with Gasteiger partial charge in [-0.15, -0.1) is 0 Å². The Balaban J connectivity index is 2.26. The second-order valence-corrected chi connectivity index (χ2v) is 4.92. The van der Waals surface area contributed by atoms with Crippen LogP contribution in [0.25, 0.3) is 0 Å². The van der Waals surface area contributed by atoms with E-state index in [9.17, 15) is 22.8 Å². The van der Waals surface area contributed by atoms with Gasteiger partial charge >= 0.3 is 6.18 Å². The van der Waals surface area contributed by atoms with Crippen molar-refractivity contribution >= 4 is 17.5 Å². The number of anilines is 1. The van der Waals surface area contributed by atoms with Gasteiger partial charge in [-0.25, -0.2) is 0 Å². The Morgan fingerprint density at radius 3 is 2.57 bits per heavy atom. The number of nitrogens with zero attached hydrogens (tertiary/aromatic N) is 1. The van der Waals surface area contributed by atoms with Crippen molar-refractivity contribution < 1.29 is 22.8 Å². The zero-order valence-corrected chi connectivity index (χ0v) is 11.4. The number of rotatable bonds is 3. The lowest BCUT2D eigenvalue weighted by Crippen LogP contribution is -2.44. The van der Waals surface area contributed by atoms with Crippen LogP contribution in [-0.4, -0.2) is 30.6 Å². The molecule has 0 saturated carbocycles. The lowest BCUT2D eigenvalue weighted by Gasteiger charge is -2.24. The summed E-state index contributed by atoms with van der Waals surface area (Å²) in [6.45, 7) is 1.44. The highest BCUT2D eigenvalue weighted by molar-refractivity contribution is 6.10. The number of halogens is 3. The van der Waals surface area contributed by atoms with E-state index >= 15 is 0 Å². The topological polar surface area (TPSA) is 49.4 Å². The monoisotopic (exact) mass is 300 g/mol. The summed E-state index contributed by atoms with van der Waals surface area (Å²) in [5.74, 6) is -0.805. The Morgan fingerprint density at radius 2 is 1.90 bits per heavy atom. The van der Waals surface area contributed by atoms with Gasteiger partial charge in [0.2, 0.25) is 5.91 Å². The van der Waals surface area contributed by atoms with Crippen molar-refractivity contribution in [2.24, 2.45) is 0 Å². The van der Waals surface area contributed by atoms with Crippen LogP contribution >= 0.6 is 0 Å². The zero-order chi connectivity index (χ0) is 15.6. The summed E-state index contributed by atoms with van der Waals surface area (Å²) in [7, 11) is 0. The molecule has 0 saturated heterocycles. The van der Waals surface area contributed by atoms with E-state index in [0.717, 1.165) is 0 Å². The van der Waals surface area contributed by atoms with E-state index in [4.69, 9.17) is 0 Å². The van der Waals surface area contributed by atoms with Crippen molar-refractivity contribution in [3.05, 3.63) is 29.8 Å². The van der Waals surface area contributed by atoms with Crippen LogP contribution < -0.4 is 10.2 Å². The first-order chi connectivity index (χ1) is 9.79. The normalized spacial score (nSPS) is 19.0. The average molecular weight is 300 g/mol. The van der Waals surface area contributed by atoms with E-state index < -0.39 is 30.5 Å². The third kappa shape index (κ3) is 3.53. The predicted octanol–water partition coefficient (Wildman–Crippen LogP) is 2.49. The highest BCUT2D eigenvalue weighted by Crippen LogP contribution is 2.26. The number of alkyl halides is 3. The minimum absolute atomic E-state index is 0.0747. The van der Waals surface area contributed by atoms with Gasteiger partial charge in [0.15, 0.2) is 0 Å². The van der Waals surface area contributed by atoms with Gasteiger partial charge in [-0.1, -0.05) is 12.1 Å². The second kappa shape index (κ2) is 5.75. The Hall–Kier alpha value is -2.05. The Kier molecular flexibility index (Phi) is 4.20. The van der Waals surface area contributed by atoms with Crippen LogP contribution in [0.5, 0.6) is 0 Å². The summed E-state index contributed by atoms with van der Waals surface area (Å²) in [5, 5.41) is 2.53. The van der Waals surface area contributed by atoms with Crippen molar-refractivity contribution in [1.29, 1.82) is 0 Å². The lowest BCUT2D eigenvalue weighted by molar-refractivity contribution is -0.135. The standard InChI is InChI=1S/C14H15F3N2O2/c1-9-13(21)19(8-4-7-14(15,16)17)11-6-3-2-5-10(11)12(20)18-9/h2-3,5-6,9H,4,7-8H2,1H3,(H,18,20). The minimum Gasteiger partial charge on any atom is -0.340 e. The molecule has 0 spiro atoms. The molecule has 1 aromatic carbocycles. The van der Waals surface area contributed by atoms with Crippen molar-refractivity contribution in [2.75, 3.05) is 11.4 Å². The summed E-state index contributed by atoms with van der Waals surface area (Å²) < 4.78 is 36.8. The Labute approximate surface area is 119 Å². The van der Waals surface area contributed by atoms with Crippen LogP contribution in [-0.2, 0) is 4.79 Å². The summed E-state index contributed by atoms with van der Waals surface area (Å²) in [6.07, 6.45) is -5.42. The van der Waals surface area contributed by atoms with Crippen molar-refractivity contribution in [3.63, 3.8) is 0 Å². The SMILES string of the molecule is CC1NC(=O)c2ccccc2N(CCCC(F)(F)F)C1=O. The van der Waals surface area contributed by atoms with Crippen LogP contribution in [0.4, 0.5) is 18.9 Å². The highest BCUT2D eigenvalue weighted by Gasteiger charge is 2.32. The molecular formula is C14H15F3N2O2. The predicted molar refractivity (Wildman–Crippen MR) is 71.0 cm³/mol. The smallest absolute Gasteiger partial charge is 0.340 e. The van der Waals surface area contributed by atoms with Crippen molar-refractivity contribution in [2.45, 2.75) is 32.0 Å². The molecule has 1 aromatic rings. The van der Waals surface area contributed by atoms with E-state index in [1.54, 1.807) is 24.3 Å². The molecule has 7 heteroatoms. The van der Waals surface area contributed by atoms with E-state index in [1.807, 2.05) is 0 Å². The molecule has 0 radical (unpaired) electrons. The fourth-order valence-corrected chi connectivity index (χ4v) is 2.26. The molecule has 21 heavy (non-hydrogen) atoms. The molecule has 114 valence electrons. The number of benzene rings is 1. The molecule has 0 aromatic heterocycles. The molecular weight excluding hydrogens is 285 g/mol. The first-order valence-corrected chi connectivity index (χ1v) is 6.57. The second-order valence-electron chi connectivity index (χ2n) is 4.92. The van der Waals surface area contributed by atoms with E-state index in [-0.39, 0.29) is 13.0 Å². The third-order valence-electron chi connectivity index (χ3n) is 3.27. The molecule has 2 rings (SSSR count). The Morgan fingerprint density at radius 1 is 1.24 bits per heavy atom. The lowest BCUT2D eigenvalue weighted by atomic mass is 10.1. The summed E-state index contributed by atoms with van der Waals surface area (Å²) in [6, 6.07) is 5.64.